The summed E-state index contributed by atoms with van der Waals surface area (Å²) >= 11 is 1.80. The highest BCUT2D eigenvalue weighted by atomic mass is 32.1. The van der Waals surface area contributed by atoms with E-state index in [1.807, 2.05) is 13.2 Å². The zero-order valence-corrected chi connectivity index (χ0v) is 11.0. The molecule has 0 unspecified atom stereocenters. The van der Waals surface area contributed by atoms with Gasteiger partial charge in [0, 0.05) is 31.2 Å². The van der Waals surface area contributed by atoms with Crippen LogP contribution in [0.2, 0.25) is 0 Å². The highest BCUT2D eigenvalue weighted by molar-refractivity contribution is 7.15. The molecule has 4 heteroatoms. The van der Waals surface area contributed by atoms with Gasteiger partial charge >= 0.3 is 0 Å². The molecule has 1 N–H and O–H groups in total. The minimum Gasteiger partial charge on any atom is -0.351 e. The van der Waals surface area contributed by atoms with E-state index in [2.05, 4.69) is 22.2 Å². The molecule has 0 spiro atoms. The molecule has 0 saturated heterocycles. The maximum atomic E-state index is 4.48. The van der Waals surface area contributed by atoms with Crippen LogP contribution in [0.15, 0.2) is 6.20 Å². The zero-order valence-electron chi connectivity index (χ0n) is 10.2. The van der Waals surface area contributed by atoms with Crippen molar-refractivity contribution in [2.45, 2.75) is 32.2 Å². The van der Waals surface area contributed by atoms with Gasteiger partial charge in [0.05, 0.1) is 0 Å². The van der Waals surface area contributed by atoms with Crippen LogP contribution in [0.1, 0.15) is 30.6 Å². The Morgan fingerprint density at radius 2 is 2.25 bits per heavy atom. The van der Waals surface area contributed by atoms with Crippen molar-refractivity contribution in [2.24, 2.45) is 5.92 Å². The quantitative estimate of drug-likeness (QED) is 0.855. The van der Waals surface area contributed by atoms with Crippen molar-refractivity contribution in [3.8, 4) is 0 Å². The molecule has 1 fully saturated rings. The highest BCUT2D eigenvalue weighted by Gasteiger charge is 2.18. The summed E-state index contributed by atoms with van der Waals surface area (Å²) in [6, 6.07) is 0. The maximum Gasteiger partial charge on any atom is 0.185 e. The summed E-state index contributed by atoms with van der Waals surface area (Å²) in [4.78, 5) is 8.12. The van der Waals surface area contributed by atoms with Crippen LogP contribution in [0.3, 0.4) is 0 Å². The lowest BCUT2D eigenvalue weighted by Gasteiger charge is -2.19. The van der Waals surface area contributed by atoms with Crippen molar-refractivity contribution in [3.05, 3.63) is 11.1 Å². The Kier molecular flexibility index (Phi) is 4.18. The van der Waals surface area contributed by atoms with Gasteiger partial charge in [0.1, 0.15) is 0 Å². The molecule has 2 rings (SSSR count). The summed E-state index contributed by atoms with van der Waals surface area (Å²) in [6.07, 6.45) is 7.63. The normalized spacial score (nSPS) is 16.9. The zero-order chi connectivity index (χ0) is 11.4. The number of thiazole rings is 1. The first-order valence-electron chi connectivity index (χ1n) is 6.10. The molecule has 3 nitrogen and oxygen atoms in total. The van der Waals surface area contributed by atoms with Gasteiger partial charge in [-0.3, -0.25) is 0 Å². The van der Waals surface area contributed by atoms with Crippen molar-refractivity contribution in [3.63, 3.8) is 0 Å². The molecule has 90 valence electrons. The van der Waals surface area contributed by atoms with Gasteiger partial charge in [0.25, 0.3) is 0 Å². The lowest BCUT2D eigenvalue weighted by atomic mass is 10.1. The molecule has 0 amide bonds. The van der Waals surface area contributed by atoms with E-state index >= 15 is 0 Å². The maximum absolute atomic E-state index is 4.48. The van der Waals surface area contributed by atoms with Gasteiger partial charge in [-0.05, 0) is 25.8 Å². The van der Waals surface area contributed by atoms with Crippen molar-refractivity contribution in [1.82, 2.24) is 10.3 Å². The standard InChI is InChI=1S/C12H21N3S/c1-13-7-11-8-14-12(16-11)15(2)9-10-5-3-4-6-10/h8,10,13H,3-7,9H2,1-2H3. The van der Waals surface area contributed by atoms with Crippen molar-refractivity contribution < 1.29 is 0 Å². The Balaban J connectivity index is 1.89. The molecule has 1 saturated carbocycles. The Bertz CT molecular complexity index is 318. The van der Waals surface area contributed by atoms with E-state index in [0.29, 0.717) is 0 Å². The fraction of sp³-hybridized carbons (Fsp3) is 0.750. The van der Waals surface area contributed by atoms with Gasteiger partial charge in [-0.2, -0.15) is 0 Å². The molecular weight excluding hydrogens is 218 g/mol. The SMILES string of the molecule is CNCc1cnc(N(C)CC2CCCC2)s1. The lowest BCUT2D eigenvalue weighted by Crippen LogP contribution is -2.23. The van der Waals surface area contributed by atoms with Crippen LogP contribution in [0.5, 0.6) is 0 Å². The molecule has 1 aromatic rings. The predicted octanol–water partition coefficient (Wildman–Crippen LogP) is 2.49. The third-order valence-corrected chi connectivity index (χ3v) is 4.34. The van der Waals surface area contributed by atoms with E-state index in [9.17, 15) is 0 Å². The summed E-state index contributed by atoms with van der Waals surface area (Å²) < 4.78 is 0. The van der Waals surface area contributed by atoms with E-state index in [-0.39, 0.29) is 0 Å². The molecule has 1 aliphatic carbocycles. The van der Waals surface area contributed by atoms with E-state index in [1.54, 1.807) is 11.3 Å². The summed E-state index contributed by atoms with van der Waals surface area (Å²) in [5.74, 6) is 0.890. The number of rotatable bonds is 5. The summed E-state index contributed by atoms with van der Waals surface area (Å²) in [5, 5.41) is 4.33. The summed E-state index contributed by atoms with van der Waals surface area (Å²) in [6.45, 7) is 2.10. The van der Waals surface area contributed by atoms with Crippen LogP contribution < -0.4 is 10.2 Å². The van der Waals surface area contributed by atoms with Crippen LogP contribution in [0.25, 0.3) is 0 Å². The van der Waals surface area contributed by atoms with Crippen molar-refractivity contribution in [2.75, 3.05) is 25.5 Å². The van der Waals surface area contributed by atoms with Crippen molar-refractivity contribution in [1.29, 1.82) is 0 Å². The number of nitrogens with zero attached hydrogens (tertiary/aromatic N) is 2. The topological polar surface area (TPSA) is 28.2 Å². The van der Waals surface area contributed by atoms with Gasteiger partial charge in [-0.1, -0.05) is 12.8 Å². The number of anilines is 1. The fourth-order valence-electron chi connectivity index (χ4n) is 2.39. The van der Waals surface area contributed by atoms with E-state index in [0.717, 1.165) is 17.6 Å². The summed E-state index contributed by atoms with van der Waals surface area (Å²) in [7, 11) is 4.14. The number of nitrogens with one attached hydrogen (secondary N) is 1. The van der Waals surface area contributed by atoms with Gasteiger partial charge < -0.3 is 10.2 Å². The van der Waals surface area contributed by atoms with E-state index in [1.165, 1.54) is 37.1 Å². The Hall–Kier alpha value is -0.610. The van der Waals surface area contributed by atoms with Crippen LogP contribution in [0, 0.1) is 5.92 Å². The molecule has 0 aromatic carbocycles. The van der Waals surface area contributed by atoms with Crippen LogP contribution in [0.4, 0.5) is 5.13 Å². The smallest absolute Gasteiger partial charge is 0.185 e. The van der Waals surface area contributed by atoms with Gasteiger partial charge in [0.15, 0.2) is 5.13 Å². The Morgan fingerprint density at radius 1 is 1.50 bits per heavy atom. The average Bonchev–Trinajstić information content (AvgIpc) is 2.89. The largest absolute Gasteiger partial charge is 0.351 e. The highest BCUT2D eigenvalue weighted by Crippen LogP contribution is 2.28. The van der Waals surface area contributed by atoms with E-state index < -0.39 is 0 Å². The molecule has 1 heterocycles. The molecule has 1 aromatic heterocycles. The molecule has 0 aliphatic heterocycles. The van der Waals surface area contributed by atoms with Gasteiger partial charge in [-0.15, -0.1) is 11.3 Å². The third kappa shape index (κ3) is 2.95. The second-order valence-electron chi connectivity index (χ2n) is 4.67. The van der Waals surface area contributed by atoms with Gasteiger partial charge in [0.2, 0.25) is 0 Å². The second kappa shape index (κ2) is 5.64. The van der Waals surface area contributed by atoms with Gasteiger partial charge in [-0.25, -0.2) is 4.98 Å². The number of aromatic nitrogens is 1. The first kappa shape index (κ1) is 11.9. The minimum absolute atomic E-state index is 0.890. The molecule has 1 aliphatic rings. The molecule has 16 heavy (non-hydrogen) atoms. The number of hydrogen-bond donors (Lipinski definition) is 1. The number of hydrogen-bond acceptors (Lipinski definition) is 4. The minimum atomic E-state index is 0.890. The van der Waals surface area contributed by atoms with Crippen LogP contribution >= 0.6 is 11.3 Å². The fourth-order valence-corrected chi connectivity index (χ4v) is 3.28. The molecule has 0 radical (unpaired) electrons. The Labute approximate surface area is 102 Å². The predicted molar refractivity (Wildman–Crippen MR) is 70.1 cm³/mol. The average molecular weight is 239 g/mol. The van der Waals surface area contributed by atoms with E-state index in [4.69, 9.17) is 0 Å². The molecule has 0 bridgehead atoms. The van der Waals surface area contributed by atoms with Crippen LogP contribution in [-0.4, -0.2) is 25.6 Å². The third-order valence-electron chi connectivity index (χ3n) is 3.23. The molecule has 0 atom stereocenters. The second-order valence-corrected chi connectivity index (χ2v) is 5.76. The lowest BCUT2D eigenvalue weighted by molar-refractivity contribution is 0.546. The summed E-state index contributed by atoms with van der Waals surface area (Å²) in [5.41, 5.74) is 0. The monoisotopic (exact) mass is 239 g/mol. The molecular formula is C12H21N3S. The van der Waals surface area contributed by atoms with Crippen molar-refractivity contribution >= 4 is 16.5 Å². The van der Waals surface area contributed by atoms with Crippen LogP contribution in [-0.2, 0) is 6.54 Å². The first-order chi connectivity index (χ1) is 7.79. The Morgan fingerprint density at radius 3 is 2.94 bits per heavy atom. The first-order valence-corrected chi connectivity index (χ1v) is 6.91.